The summed E-state index contributed by atoms with van der Waals surface area (Å²) in [5, 5.41) is 7.00. The van der Waals surface area contributed by atoms with Crippen molar-refractivity contribution < 1.29 is 0 Å². The zero-order valence-corrected chi connectivity index (χ0v) is 6.98. The van der Waals surface area contributed by atoms with Gasteiger partial charge in [0.1, 0.15) is 0 Å². The lowest BCUT2D eigenvalue weighted by Gasteiger charge is -1.94. The van der Waals surface area contributed by atoms with E-state index in [4.69, 9.17) is 5.41 Å². The lowest BCUT2D eigenvalue weighted by Crippen LogP contribution is -1.80. The molecule has 0 aliphatic carbocycles. The van der Waals surface area contributed by atoms with E-state index in [0.29, 0.717) is 0 Å². The summed E-state index contributed by atoms with van der Waals surface area (Å²) in [7, 11) is 0. The van der Waals surface area contributed by atoms with E-state index in [2.05, 4.69) is 19.9 Å². The summed E-state index contributed by atoms with van der Waals surface area (Å²) < 4.78 is 0. The van der Waals surface area contributed by atoms with Gasteiger partial charge in [0.15, 0.2) is 0 Å². The van der Waals surface area contributed by atoms with E-state index < -0.39 is 0 Å². The van der Waals surface area contributed by atoms with Crippen molar-refractivity contribution in [3.63, 3.8) is 0 Å². The molecule has 58 valence electrons. The number of hydrogen-bond acceptors (Lipinski definition) is 1. The van der Waals surface area contributed by atoms with E-state index in [0.717, 1.165) is 18.4 Å². The van der Waals surface area contributed by atoms with Gasteiger partial charge in [0.05, 0.1) is 0 Å². The first-order chi connectivity index (χ1) is 4.85. The summed E-state index contributed by atoms with van der Waals surface area (Å²) in [5.74, 6) is 0. The van der Waals surface area contributed by atoms with Gasteiger partial charge in [0.2, 0.25) is 0 Å². The van der Waals surface area contributed by atoms with Gasteiger partial charge in [-0.25, -0.2) is 0 Å². The van der Waals surface area contributed by atoms with E-state index in [1.54, 1.807) is 0 Å². The van der Waals surface area contributed by atoms with E-state index >= 15 is 0 Å². The SMILES string of the molecule is CCCC/C=C(\C=N)CC. The minimum Gasteiger partial charge on any atom is -0.308 e. The Labute approximate surface area is 63.7 Å². The van der Waals surface area contributed by atoms with Crippen LogP contribution >= 0.6 is 0 Å². The van der Waals surface area contributed by atoms with Crippen molar-refractivity contribution >= 4 is 6.21 Å². The maximum Gasteiger partial charge on any atom is 0.0206 e. The van der Waals surface area contributed by atoms with Gasteiger partial charge in [-0.05, 0) is 18.4 Å². The number of hydrogen-bond donors (Lipinski definition) is 1. The highest BCUT2D eigenvalue weighted by Crippen LogP contribution is 2.02. The van der Waals surface area contributed by atoms with Crippen molar-refractivity contribution in [1.82, 2.24) is 0 Å². The average molecular weight is 139 g/mol. The van der Waals surface area contributed by atoms with Crippen molar-refractivity contribution in [2.24, 2.45) is 0 Å². The Morgan fingerprint density at radius 3 is 2.50 bits per heavy atom. The largest absolute Gasteiger partial charge is 0.308 e. The van der Waals surface area contributed by atoms with Crippen LogP contribution in [0.25, 0.3) is 0 Å². The molecule has 0 saturated carbocycles. The lowest BCUT2D eigenvalue weighted by molar-refractivity contribution is 0.811. The van der Waals surface area contributed by atoms with Crippen LogP contribution < -0.4 is 0 Å². The molecule has 1 nitrogen and oxygen atoms in total. The molecule has 1 heteroatoms. The summed E-state index contributed by atoms with van der Waals surface area (Å²) in [6, 6.07) is 0. The molecule has 0 saturated heterocycles. The molecule has 0 aromatic rings. The Balaban J connectivity index is 3.53. The molecule has 0 spiro atoms. The highest BCUT2D eigenvalue weighted by atomic mass is 14.3. The third kappa shape index (κ3) is 4.30. The first-order valence-corrected chi connectivity index (χ1v) is 4.04. The van der Waals surface area contributed by atoms with Crippen LogP contribution in [-0.2, 0) is 0 Å². The van der Waals surface area contributed by atoms with Crippen LogP contribution in [0.2, 0.25) is 0 Å². The van der Waals surface area contributed by atoms with Crippen LogP contribution in [-0.4, -0.2) is 6.21 Å². The molecule has 0 unspecified atom stereocenters. The minimum atomic E-state index is 0.993. The van der Waals surface area contributed by atoms with E-state index in [9.17, 15) is 0 Å². The van der Waals surface area contributed by atoms with Crippen LogP contribution in [0.3, 0.4) is 0 Å². The van der Waals surface area contributed by atoms with E-state index in [1.165, 1.54) is 19.1 Å². The van der Waals surface area contributed by atoms with Gasteiger partial charge in [-0.15, -0.1) is 0 Å². The van der Waals surface area contributed by atoms with Gasteiger partial charge in [0, 0.05) is 6.21 Å². The number of unbranched alkanes of at least 4 members (excludes halogenated alkanes) is 2. The van der Waals surface area contributed by atoms with Crippen LogP contribution in [0, 0.1) is 5.41 Å². The molecular formula is C9H17N. The Kier molecular flexibility index (Phi) is 6.14. The molecule has 1 N–H and O–H groups in total. The molecule has 0 fully saturated rings. The van der Waals surface area contributed by atoms with Gasteiger partial charge in [0.25, 0.3) is 0 Å². The van der Waals surface area contributed by atoms with Gasteiger partial charge in [-0.1, -0.05) is 32.8 Å². The van der Waals surface area contributed by atoms with Crippen molar-refractivity contribution in [2.45, 2.75) is 39.5 Å². The zero-order valence-electron chi connectivity index (χ0n) is 6.98. The van der Waals surface area contributed by atoms with Crippen molar-refractivity contribution in [3.8, 4) is 0 Å². The Bertz CT molecular complexity index is 114. The maximum atomic E-state index is 7.00. The second-order valence-electron chi connectivity index (χ2n) is 2.42. The zero-order chi connectivity index (χ0) is 7.82. The predicted molar refractivity (Wildman–Crippen MR) is 46.7 cm³/mol. The maximum absolute atomic E-state index is 7.00. The summed E-state index contributed by atoms with van der Waals surface area (Å²) in [6.07, 6.45) is 8.23. The van der Waals surface area contributed by atoms with E-state index in [1.807, 2.05) is 0 Å². The molecule has 0 bridgehead atoms. The predicted octanol–water partition coefficient (Wildman–Crippen LogP) is 3.16. The standard InChI is InChI=1S/C9H17N/c1-3-5-6-7-9(4-2)8-10/h7-8,10H,3-6H2,1-2H3/b9-7-,10-8?. The molecule has 0 atom stereocenters. The van der Waals surface area contributed by atoms with Gasteiger partial charge in [-0.3, -0.25) is 0 Å². The minimum absolute atomic E-state index is 0.993. The molecule has 0 aliphatic heterocycles. The highest BCUT2D eigenvalue weighted by molar-refractivity contribution is 5.75. The summed E-state index contributed by atoms with van der Waals surface area (Å²) >= 11 is 0. The Hall–Kier alpha value is -0.590. The fraction of sp³-hybridized carbons (Fsp3) is 0.667. The summed E-state index contributed by atoms with van der Waals surface area (Å²) in [6.45, 7) is 4.27. The number of rotatable bonds is 5. The number of nitrogens with one attached hydrogen (secondary N) is 1. The summed E-state index contributed by atoms with van der Waals surface area (Å²) in [5.41, 5.74) is 1.16. The average Bonchev–Trinajstić information content (AvgIpc) is 1.99. The van der Waals surface area contributed by atoms with Gasteiger partial charge < -0.3 is 5.41 Å². The first kappa shape index (κ1) is 9.41. The van der Waals surface area contributed by atoms with Crippen molar-refractivity contribution in [3.05, 3.63) is 11.6 Å². The molecule has 0 aliphatic rings. The quantitative estimate of drug-likeness (QED) is 0.447. The molecule has 10 heavy (non-hydrogen) atoms. The third-order valence-electron chi connectivity index (χ3n) is 1.56. The topological polar surface area (TPSA) is 23.9 Å². The van der Waals surface area contributed by atoms with Crippen LogP contribution in [0.1, 0.15) is 39.5 Å². The second-order valence-corrected chi connectivity index (χ2v) is 2.42. The highest BCUT2D eigenvalue weighted by Gasteiger charge is 1.85. The molecule has 0 aromatic carbocycles. The lowest BCUT2D eigenvalue weighted by atomic mass is 10.1. The smallest absolute Gasteiger partial charge is 0.0206 e. The molecule has 0 aromatic heterocycles. The van der Waals surface area contributed by atoms with Crippen LogP contribution in [0.15, 0.2) is 11.6 Å². The first-order valence-electron chi connectivity index (χ1n) is 4.04. The molecule has 0 heterocycles. The normalized spacial score (nSPS) is 11.6. The monoisotopic (exact) mass is 139 g/mol. The van der Waals surface area contributed by atoms with Crippen molar-refractivity contribution in [1.29, 1.82) is 5.41 Å². The van der Waals surface area contributed by atoms with Gasteiger partial charge >= 0.3 is 0 Å². The molecule has 0 rings (SSSR count). The van der Waals surface area contributed by atoms with Crippen LogP contribution in [0.5, 0.6) is 0 Å². The van der Waals surface area contributed by atoms with Gasteiger partial charge in [-0.2, -0.15) is 0 Å². The van der Waals surface area contributed by atoms with Crippen molar-refractivity contribution in [2.75, 3.05) is 0 Å². The number of allylic oxidation sites excluding steroid dienone is 2. The third-order valence-corrected chi connectivity index (χ3v) is 1.56. The molecule has 0 amide bonds. The van der Waals surface area contributed by atoms with E-state index in [-0.39, 0.29) is 0 Å². The fourth-order valence-electron chi connectivity index (χ4n) is 0.797. The summed E-state index contributed by atoms with van der Waals surface area (Å²) in [4.78, 5) is 0. The Morgan fingerprint density at radius 2 is 2.10 bits per heavy atom. The Morgan fingerprint density at radius 1 is 1.40 bits per heavy atom. The van der Waals surface area contributed by atoms with Crippen LogP contribution in [0.4, 0.5) is 0 Å². The molecular weight excluding hydrogens is 122 g/mol. The second kappa shape index (κ2) is 6.53. The molecule has 0 radical (unpaired) electrons. The fourth-order valence-corrected chi connectivity index (χ4v) is 0.797.